The molecule has 0 saturated carbocycles. The molecule has 0 aliphatic carbocycles. The van der Waals surface area contributed by atoms with Crippen molar-refractivity contribution in [2.75, 3.05) is 10.9 Å². The van der Waals surface area contributed by atoms with Gasteiger partial charge >= 0.3 is 0 Å². The topological polar surface area (TPSA) is 63.7 Å². The van der Waals surface area contributed by atoms with Crippen molar-refractivity contribution in [1.29, 1.82) is 0 Å². The fourth-order valence-electron chi connectivity index (χ4n) is 2.71. The molecule has 1 amide bonds. The van der Waals surface area contributed by atoms with Gasteiger partial charge in [-0.15, -0.1) is 0 Å². The largest absolute Gasteiger partial charge is 0.484 e. The fourth-order valence-corrected chi connectivity index (χ4v) is 4.38. The third-order valence-electron chi connectivity index (χ3n) is 4.27. The molecule has 5 nitrogen and oxygen atoms in total. The summed E-state index contributed by atoms with van der Waals surface area (Å²) in [6.07, 6.45) is 0. The lowest BCUT2D eigenvalue weighted by Crippen LogP contribution is -2.40. The minimum Gasteiger partial charge on any atom is -0.484 e. The van der Waals surface area contributed by atoms with Gasteiger partial charge in [0.15, 0.2) is 6.61 Å². The first kappa shape index (κ1) is 21.1. The molecule has 0 unspecified atom stereocenters. The van der Waals surface area contributed by atoms with Crippen molar-refractivity contribution in [2.45, 2.75) is 18.7 Å². The molecule has 7 heteroatoms. The summed E-state index contributed by atoms with van der Waals surface area (Å²) in [5, 5.41) is 0. The van der Waals surface area contributed by atoms with Gasteiger partial charge < -0.3 is 4.74 Å². The molecular formula is C22H20BrNO4S. The Balaban J connectivity index is 1.93. The lowest BCUT2D eigenvalue weighted by molar-refractivity contribution is -0.119. The zero-order chi connectivity index (χ0) is 21.0. The van der Waals surface area contributed by atoms with Gasteiger partial charge in [0.05, 0.1) is 10.6 Å². The average Bonchev–Trinajstić information content (AvgIpc) is 2.71. The number of carbonyl (C=O) groups is 1. The van der Waals surface area contributed by atoms with Crippen LogP contribution in [0.1, 0.15) is 11.1 Å². The van der Waals surface area contributed by atoms with Crippen molar-refractivity contribution >= 4 is 37.5 Å². The molecule has 0 saturated heterocycles. The summed E-state index contributed by atoms with van der Waals surface area (Å²) in [7, 11) is -4.09. The normalized spacial score (nSPS) is 11.1. The molecule has 0 spiro atoms. The van der Waals surface area contributed by atoms with Crippen LogP contribution in [0.4, 0.5) is 5.69 Å². The van der Waals surface area contributed by atoms with Gasteiger partial charge in [-0.3, -0.25) is 4.79 Å². The van der Waals surface area contributed by atoms with Crippen LogP contribution >= 0.6 is 15.9 Å². The first-order chi connectivity index (χ1) is 13.8. The molecule has 150 valence electrons. The summed E-state index contributed by atoms with van der Waals surface area (Å²) in [6, 6.07) is 19.9. The first-order valence-corrected chi connectivity index (χ1v) is 11.1. The number of rotatable bonds is 6. The Kier molecular flexibility index (Phi) is 6.39. The van der Waals surface area contributed by atoms with E-state index in [-0.39, 0.29) is 10.6 Å². The number of carbonyl (C=O) groups excluding carboxylic acids is 1. The number of aryl methyl sites for hydroxylation is 2. The molecule has 0 fully saturated rings. The Bertz CT molecular complexity index is 1110. The van der Waals surface area contributed by atoms with Gasteiger partial charge in [0.25, 0.3) is 15.9 Å². The van der Waals surface area contributed by atoms with E-state index in [1.165, 1.54) is 12.1 Å². The van der Waals surface area contributed by atoms with E-state index in [1.54, 1.807) is 54.6 Å². The number of hydrogen-bond acceptors (Lipinski definition) is 4. The second kappa shape index (κ2) is 8.80. The number of benzene rings is 3. The Labute approximate surface area is 179 Å². The predicted octanol–water partition coefficient (Wildman–Crippen LogP) is 4.87. The summed E-state index contributed by atoms with van der Waals surface area (Å²) in [5.41, 5.74) is 2.17. The van der Waals surface area contributed by atoms with E-state index in [9.17, 15) is 13.2 Å². The summed E-state index contributed by atoms with van der Waals surface area (Å²) in [6.45, 7) is 3.37. The predicted molar refractivity (Wildman–Crippen MR) is 117 cm³/mol. The average molecular weight is 474 g/mol. The Morgan fingerprint density at radius 3 is 2.24 bits per heavy atom. The first-order valence-electron chi connectivity index (χ1n) is 8.88. The van der Waals surface area contributed by atoms with Crippen LogP contribution < -0.4 is 9.04 Å². The standard InChI is InChI=1S/C22H20BrNO4S/c1-16-8-10-18(11-9-16)24(29(26,27)20-6-4-3-5-7-20)22(25)15-28-19-12-13-21(23)17(2)14-19/h3-14H,15H2,1-2H3. The summed E-state index contributed by atoms with van der Waals surface area (Å²) >= 11 is 3.41. The van der Waals surface area contributed by atoms with E-state index < -0.39 is 22.5 Å². The van der Waals surface area contributed by atoms with Gasteiger partial charge in [-0.05, 0) is 61.9 Å². The molecule has 0 aliphatic heterocycles. The van der Waals surface area contributed by atoms with Crippen molar-refractivity contribution in [1.82, 2.24) is 0 Å². The number of sulfonamides is 1. The highest BCUT2D eigenvalue weighted by Gasteiger charge is 2.31. The summed E-state index contributed by atoms with van der Waals surface area (Å²) in [5.74, 6) is -0.196. The monoisotopic (exact) mass is 473 g/mol. The van der Waals surface area contributed by atoms with Crippen LogP contribution in [-0.2, 0) is 14.8 Å². The fraction of sp³-hybridized carbons (Fsp3) is 0.136. The zero-order valence-corrected chi connectivity index (χ0v) is 18.4. The van der Waals surface area contributed by atoms with E-state index >= 15 is 0 Å². The van der Waals surface area contributed by atoms with E-state index in [0.717, 1.165) is 19.9 Å². The molecule has 3 aromatic carbocycles. The Morgan fingerprint density at radius 2 is 1.62 bits per heavy atom. The van der Waals surface area contributed by atoms with Crippen LogP contribution in [0.3, 0.4) is 0 Å². The van der Waals surface area contributed by atoms with E-state index in [1.807, 2.05) is 19.9 Å². The van der Waals surface area contributed by atoms with E-state index in [0.29, 0.717) is 5.75 Å². The number of hydrogen-bond donors (Lipinski definition) is 0. The number of ether oxygens (including phenoxy) is 1. The summed E-state index contributed by atoms with van der Waals surface area (Å²) in [4.78, 5) is 13.0. The number of anilines is 1. The number of halogens is 1. The van der Waals surface area contributed by atoms with Gasteiger partial charge in [-0.1, -0.05) is 51.8 Å². The van der Waals surface area contributed by atoms with Crippen molar-refractivity contribution in [3.63, 3.8) is 0 Å². The zero-order valence-electron chi connectivity index (χ0n) is 16.0. The Hall–Kier alpha value is -2.64. The van der Waals surface area contributed by atoms with Gasteiger partial charge in [0.1, 0.15) is 5.75 Å². The minimum atomic E-state index is -4.09. The quantitative estimate of drug-likeness (QED) is 0.512. The second-order valence-corrected chi connectivity index (χ2v) is 9.15. The molecular weight excluding hydrogens is 454 g/mol. The second-order valence-electron chi connectivity index (χ2n) is 6.51. The highest BCUT2D eigenvalue weighted by Crippen LogP contribution is 2.25. The van der Waals surface area contributed by atoms with Crippen LogP contribution in [0.15, 0.2) is 82.2 Å². The molecule has 3 aromatic rings. The van der Waals surface area contributed by atoms with Crippen molar-refractivity contribution in [3.05, 3.63) is 88.4 Å². The Morgan fingerprint density at radius 1 is 0.966 bits per heavy atom. The van der Waals surface area contributed by atoms with Crippen molar-refractivity contribution < 1.29 is 17.9 Å². The van der Waals surface area contributed by atoms with E-state index in [2.05, 4.69) is 15.9 Å². The van der Waals surface area contributed by atoms with Crippen LogP contribution in [0.5, 0.6) is 5.75 Å². The highest BCUT2D eigenvalue weighted by molar-refractivity contribution is 9.10. The molecule has 0 atom stereocenters. The van der Waals surface area contributed by atoms with Crippen LogP contribution in [0.2, 0.25) is 0 Å². The maximum Gasteiger partial charge on any atom is 0.278 e. The lowest BCUT2D eigenvalue weighted by Gasteiger charge is -2.23. The molecule has 0 aromatic heterocycles. The number of nitrogens with zero attached hydrogens (tertiary/aromatic N) is 1. The molecule has 0 aliphatic rings. The van der Waals surface area contributed by atoms with Crippen molar-refractivity contribution in [3.8, 4) is 5.75 Å². The van der Waals surface area contributed by atoms with Gasteiger partial charge in [-0.2, -0.15) is 4.31 Å². The summed E-state index contributed by atoms with van der Waals surface area (Å²) < 4.78 is 33.7. The number of amides is 1. The third kappa shape index (κ3) is 4.86. The van der Waals surface area contributed by atoms with E-state index in [4.69, 9.17) is 4.74 Å². The minimum absolute atomic E-state index is 0.0356. The van der Waals surface area contributed by atoms with Gasteiger partial charge in [-0.25, -0.2) is 8.42 Å². The molecule has 0 heterocycles. The van der Waals surface area contributed by atoms with Crippen LogP contribution in [0, 0.1) is 13.8 Å². The molecule has 0 N–H and O–H groups in total. The van der Waals surface area contributed by atoms with Crippen molar-refractivity contribution in [2.24, 2.45) is 0 Å². The SMILES string of the molecule is Cc1ccc(N(C(=O)COc2ccc(Br)c(C)c2)S(=O)(=O)c2ccccc2)cc1. The lowest BCUT2D eigenvalue weighted by atomic mass is 10.2. The molecule has 0 radical (unpaired) electrons. The van der Waals surface area contributed by atoms with Gasteiger partial charge in [0.2, 0.25) is 0 Å². The van der Waals surface area contributed by atoms with Crippen LogP contribution in [0.25, 0.3) is 0 Å². The smallest absolute Gasteiger partial charge is 0.278 e. The maximum absolute atomic E-state index is 13.2. The molecule has 0 bridgehead atoms. The van der Waals surface area contributed by atoms with Crippen LogP contribution in [-0.4, -0.2) is 20.9 Å². The maximum atomic E-state index is 13.2. The molecule has 29 heavy (non-hydrogen) atoms. The molecule has 3 rings (SSSR count). The highest BCUT2D eigenvalue weighted by atomic mass is 79.9. The third-order valence-corrected chi connectivity index (χ3v) is 6.92. The van der Waals surface area contributed by atoms with Gasteiger partial charge in [0, 0.05) is 4.47 Å².